The van der Waals surface area contributed by atoms with Crippen LogP contribution in [0.5, 0.6) is 0 Å². The lowest BCUT2D eigenvalue weighted by atomic mass is 9.51. The third-order valence-electron chi connectivity index (χ3n) is 2.83. The van der Waals surface area contributed by atoms with Crippen LogP contribution >= 0.6 is 0 Å². The Labute approximate surface area is 133 Å². The first-order valence-electron chi connectivity index (χ1n) is 7.42. The van der Waals surface area contributed by atoms with E-state index in [9.17, 15) is 13.2 Å². The molecule has 0 aliphatic heterocycles. The van der Waals surface area contributed by atoms with E-state index in [0.717, 1.165) is 12.2 Å². The van der Waals surface area contributed by atoms with Crippen molar-refractivity contribution in [2.45, 2.75) is 66.8 Å². The third-order valence-corrected chi connectivity index (χ3v) is 2.83. The van der Waals surface area contributed by atoms with Gasteiger partial charge in [0.05, 0.1) is 0 Å². The third kappa shape index (κ3) is 9.13. The Morgan fingerprint density at radius 1 is 1.14 bits per heavy atom. The van der Waals surface area contributed by atoms with E-state index in [4.69, 9.17) is 4.65 Å². The summed E-state index contributed by atoms with van der Waals surface area (Å²) >= 11 is 0. The second-order valence-electron chi connectivity index (χ2n) is 7.73. The first kappa shape index (κ1) is 21.0. The van der Waals surface area contributed by atoms with Gasteiger partial charge in [-0.05, 0) is 56.6 Å². The summed E-state index contributed by atoms with van der Waals surface area (Å²) in [5, 5.41) is 0. The molecule has 0 spiro atoms. The molecular weight excluding hydrogens is 288 g/mol. The summed E-state index contributed by atoms with van der Waals surface area (Å²) in [5.74, 6) is -0.626. The highest BCUT2D eigenvalue weighted by Crippen LogP contribution is 2.30. The van der Waals surface area contributed by atoms with Gasteiger partial charge in [-0.15, -0.1) is 0 Å². The first-order chi connectivity index (χ1) is 9.73. The van der Waals surface area contributed by atoms with Crippen molar-refractivity contribution in [1.29, 1.82) is 0 Å². The lowest BCUT2D eigenvalue weighted by molar-refractivity contribution is 0.127. The van der Waals surface area contributed by atoms with Gasteiger partial charge in [0, 0.05) is 5.60 Å². The first-order valence-corrected chi connectivity index (χ1v) is 7.42. The van der Waals surface area contributed by atoms with Gasteiger partial charge in [-0.3, -0.25) is 0 Å². The molecule has 0 saturated heterocycles. The highest BCUT2D eigenvalue weighted by Gasteiger charge is 2.32. The van der Waals surface area contributed by atoms with Crippen LogP contribution in [0, 0.1) is 5.41 Å². The molecule has 0 aliphatic rings. The zero-order valence-electron chi connectivity index (χ0n) is 14.8. The maximum absolute atomic E-state index is 14.2. The van der Waals surface area contributed by atoms with Gasteiger partial charge < -0.3 is 4.65 Å². The Kier molecular flexibility index (Phi) is 7.69. The lowest BCUT2D eigenvalue weighted by Gasteiger charge is -2.30. The van der Waals surface area contributed by atoms with E-state index < -0.39 is 24.8 Å². The van der Waals surface area contributed by atoms with Crippen LogP contribution in [0.1, 0.15) is 48.5 Å². The van der Waals surface area contributed by atoms with E-state index in [-0.39, 0.29) is 16.5 Å². The van der Waals surface area contributed by atoms with Crippen LogP contribution in [0.3, 0.4) is 0 Å². The summed E-state index contributed by atoms with van der Waals surface area (Å²) in [6, 6.07) is 0. The molecule has 0 atom stereocenters. The minimum absolute atomic E-state index is 0.0755. The molecule has 5 heteroatoms. The average Bonchev–Trinajstić information content (AvgIpc) is 2.29. The number of halogens is 3. The quantitative estimate of drug-likeness (QED) is 0.431. The van der Waals surface area contributed by atoms with Gasteiger partial charge in [0.15, 0.2) is 0 Å². The van der Waals surface area contributed by atoms with E-state index in [2.05, 4.69) is 6.58 Å². The van der Waals surface area contributed by atoms with Gasteiger partial charge in [-0.1, -0.05) is 33.4 Å². The van der Waals surface area contributed by atoms with Crippen LogP contribution in [-0.2, 0) is 4.65 Å². The molecule has 0 amide bonds. The standard InChI is InChI=1S/C17H28BF3O/c1-12(15(20)21)9-10-14(19)13(2)18(11-16(3,4)5)22-17(6,7)8/h9-10,15H,2,11H2,1,3-8H3/b12-9+,14-10+. The monoisotopic (exact) mass is 316 g/mol. The van der Waals surface area contributed by atoms with Crippen LogP contribution in [0.25, 0.3) is 0 Å². The molecule has 0 unspecified atom stereocenters. The fourth-order valence-corrected chi connectivity index (χ4v) is 1.76. The average molecular weight is 316 g/mol. The smallest absolute Gasteiger partial charge is 0.330 e. The molecule has 0 rings (SSSR count). The summed E-state index contributed by atoms with van der Waals surface area (Å²) in [6.07, 6.45) is 0.109. The van der Waals surface area contributed by atoms with Gasteiger partial charge in [-0.25, -0.2) is 13.2 Å². The number of rotatable bonds is 6. The van der Waals surface area contributed by atoms with E-state index in [0.29, 0.717) is 6.32 Å². The summed E-state index contributed by atoms with van der Waals surface area (Å²) in [7, 11) is 0. The molecule has 0 radical (unpaired) electrons. The number of hydrogen-bond donors (Lipinski definition) is 0. The summed E-state index contributed by atoms with van der Waals surface area (Å²) in [6.45, 7) is 16.3. The molecule has 0 aromatic carbocycles. The second-order valence-corrected chi connectivity index (χ2v) is 7.73. The van der Waals surface area contributed by atoms with Crippen molar-refractivity contribution < 1.29 is 17.8 Å². The largest absolute Gasteiger partial charge is 0.426 e. The van der Waals surface area contributed by atoms with Crippen molar-refractivity contribution in [2.24, 2.45) is 5.41 Å². The van der Waals surface area contributed by atoms with E-state index >= 15 is 0 Å². The highest BCUT2D eigenvalue weighted by molar-refractivity contribution is 6.61. The van der Waals surface area contributed by atoms with Crippen LogP contribution in [0.15, 0.2) is 35.6 Å². The topological polar surface area (TPSA) is 9.23 Å². The minimum atomic E-state index is -2.59. The minimum Gasteiger partial charge on any atom is -0.426 e. The zero-order chi connectivity index (χ0) is 17.7. The zero-order valence-corrected chi connectivity index (χ0v) is 14.8. The van der Waals surface area contributed by atoms with Gasteiger partial charge in [0.1, 0.15) is 5.83 Å². The lowest BCUT2D eigenvalue weighted by Crippen LogP contribution is -2.35. The molecule has 22 heavy (non-hydrogen) atoms. The van der Waals surface area contributed by atoms with Crippen LogP contribution in [0.2, 0.25) is 6.32 Å². The Balaban J connectivity index is 5.26. The Hall–Kier alpha value is -0.965. The Morgan fingerprint density at radius 3 is 2.00 bits per heavy atom. The molecule has 0 bridgehead atoms. The molecule has 0 aromatic rings. The predicted molar refractivity (Wildman–Crippen MR) is 88.9 cm³/mol. The fraction of sp³-hybridized carbons (Fsp3) is 0.647. The predicted octanol–water partition coefficient (Wildman–Crippen LogP) is 6.00. The van der Waals surface area contributed by atoms with E-state index in [1.165, 1.54) is 6.92 Å². The van der Waals surface area contributed by atoms with Crippen molar-refractivity contribution in [3.63, 3.8) is 0 Å². The fourth-order valence-electron chi connectivity index (χ4n) is 1.76. The second kappa shape index (κ2) is 8.05. The summed E-state index contributed by atoms with van der Waals surface area (Å²) in [5.41, 5.74) is -0.530. The Morgan fingerprint density at radius 2 is 1.64 bits per heavy atom. The molecule has 126 valence electrons. The van der Waals surface area contributed by atoms with Gasteiger partial charge in [-0.2, -0.15) is 0 Å². The van der Waals surface area contributed by atoms with E-state index in [1.54, 1.807) is 0 Å². The molecule has 0 N–H and O–H groups in total. The van der Waals surface area contributed by atoms with E-state index in [1.807, 2.05) is 41.5 Å². The molecular formula is C17H28BF3O. The van der Waals surface area contributed by atoms with Crippen LogP contribution in [0.4, 0.5) is 13.2 Å². The molecule has 0 aliphatic carbocycles. The molecule has 0 saturated carbocycles. The number of allylic oxidation sites excluding steroid dienone is 5. The van der Waals surface area contributed by atoms with Crippen molar-refractivity contribution in [2.75, 3.05) is 0 Å². The summed E-state index contributed by atoms with van der Waals surface area (Å²) in [4.78, 5) is 0. The normalized spacial score (nSPS) is 14.5. The highest BCUT2D eigenvalue weighted by atomic mass is 19.3. The van der Waals surface area contributed by atoms with Gasteiger partial charge in [0.2, 0.25) is 0 Å². The van der Waals surface area contributed by atoms with Crippen molar-refractivity contribution in [3.05, 3.63) is 35.6 Å². The van der Waals surface area contributed by atoms with Crippen molar-refractivity contribution >= 4 is 6.92 Å². The summed E-state index contributed by atoms with van der Waals surface area (Å²) < 4.78 is 44.9. The van der Waals surface area contributed by atoms with Crippen molar-refractivity contribution in [1.82, 2.24) is 0 Å². The molecule has 0 aromatic heterocycles. The SMILES string of the molecule is C=C(B(CC(C)(C)C)OC(C)(C)C)/C(F)=C\C=C(/C)C(F)F. The maximum atomic E-state index is 14.2. The molecule has 0 fully saturated rings. The Bertz CT molecular complexity index is 424. The maximum Gasteiger partial charge on any atom is 0.330 e. The molecule has 0 heterocycles. The van der Waals surface area contributed by atoms with Gasteiger partial charge >= 0.3 is 6.92 Å². The van der Waals surface area contributed by atoms with Crippen molar-refractivity contribution in [3.8, 4) is 0 Å². The number of alkyl halides is 2. The number of hydrogen-bond acceptors (Lipinski definition) is 1. The van der Waals surface area contributed by atoms with Crippen LogP contribution in [-0.4, -0.2) is 18.9 Å². The van der Waals surface area contributed by atoms with Crippen LogP contribution < -0.4 is 0 Å². The molecule has 1 nitrogen and oxygen atoms in total. The van der Waals surface area contributed by atoms with Gasteiger partial charge in [0.25, 0.3) is 6.43 Å².